The third-order valence-electron chi connectivity index (χ3n) is 10.9. The fraction of sp³-hybridized carbons (Fsp3) is 0.600. The first-order chi connectivity index (χ1) is 17.7. The van der Waals surface area contributed by atoms with E-state index in [4.69, 9.17) is 4.42 Å². The zero-order valence-electron chi connectivity index (χ0n) is 21.5. The van der Waals surface area contributed by atoms with Crippen LogP contribution in [0.25, 0.3) is 0 Å². The van der Waals surface area contributed by atoms with Gasteiger partial charge in [-0.05, 0) is 92.9 Å². The van der Waals surface area contributed by atoms with Crippen molar-refractivity contribution in [2.45, 2.75) is 87.9 Å². The summed E-state index contributed by atoms with van der Waals surface area (Å²) < 4.78 is 5.21. The Balaban J connectivity index is 1.36. The SMILES string of the molecule is C[C@]12CC[C@H]3[C@@H](CC[C@]4(O)C[C@@H](O)CC[C@]34/C=N/Nc3ccccc3)[C@@]1(O)CC[C@@H]2c1ccc(=O)oc1. The van der Waals surface area contributed by atoms with Crippen LogP contribution >= 0.6 is 0 Å². The van der Waals surface area contributed by atoms with Crippen molar-refractivity contribution in [2.75, 3.05) is 5.43 Å². The fourth-order valence-corrected chi connectivity index (χ4v) is 9.01. The Labute approximate surface area is 217 Å². The number of rotatable bonds is 4. The van der Waals surface area contributed by atoms with Gasteiger partial charge in [-0.3, -0.25) is 5.43 Å². The van der Waals surface area contributed by atoms with Crippen molar-refractivity contribution in [2.24, 2.45) is 27.8 Å². The molecule has 4 N–H and O–H groups in total. The molecule has 4 aliphatic carbocycles. The highest BCUT2D eigenvalue weighted by Crippen LogP contribution is 2.71. The molecule has 0 amide bonds. The van der Waals surface area contributed by atoms with Gasteiger partial charge in [0.15, 0.2) is 0 Å². The maximum absolute atomic E-state index is 12.5. The quantitative estimate of drug-likeness (QED) is 0.360. The molecule has 0 radical (unpaired) electrons. The lowest BCUT2D eigenvalue weighted by Gasteiger charge is -2.65. The molecule has 0 aliphatic heterocycles. The molecule has 0 spiro atoms. The number of aliphatic hydroxyl groups is 3. The summed E-state index contributed by atoms with van der Waals surface area (Å²) in [7, 11) is 0. The third kappa shape index (κ3) is 3.65. The normalized spacial score (nSPS) is 43.1. The molecule has 37 heavy (non-hydrogen) atoms. The van der Waals surface area contributed by atoms with Crippen molar-refractivity contribution < 1.29 is 19.7 Å². The van der Waals surface area contributed by atoms with Crippen LogP contribution in [0.5, 0.6) is 0 Å². The van der Waals surface area contributed by atoms with Crippen molar-refractivity contribution in [3.8, 4) is 0 Å². The summed E-state index contributed by atoms with van der Waals surface area (Å²) in [6, 6.07) is 13.1. The smallest absolute Gasteiger partial charge is 0.335 e. The van der Waals surface area contributed by atoms with Crippen LogP contribution in [0.2, 0.25) is 0 Å². The molecule has 1 aromatic heterocycles. The summed E-state index contributed by atoms with van der Waals surface area (Å²) in [5.41, 5.74) is 1.73. The number of hydrazone groups is 1. The highest BCUT2D eigenvalue weighted by molar-refractivity contribution is 5.71. The average molecular weight is 507 g/mol. The van der Waals surface area contributed by atoms with Crippen molar-refractivity contribution in [1.82, 2.24) is 0 Å². The van der Waals surface area contributed by atoms with E-state index in [1.165, 1.54) is 6.07 Å². The second-order valence-electron chi connectivity index (χ2n) is 12.3. The monoisotopic (exact) mass is 506 g/mol. The summed E-state index contributed by atoms with van der Waals surface area (Å²) in [5, 5.41) is 39.8. The van der Waals surface area contributed by atoms with E-state index in [0.717, 1.165) is 36.9 Å². The highest BCUT2D eigenvalue weighted by atomic mass is 16.4. The first-order valence-corrected chi connectivity index (χ1v) is 13.8. The molecule has 0 saturated heterocycles. The molecular weight excluding hydrogens is 468 g/mol. The highest BCUT2D eigenvalue weighted by Gasteiger charge is 2.70. The van der Waals surface area contributed by atoms with Crippen molar-refractivity contribution in [3.05, 3.63) is 64.7 Å². The Kier molecular flexibility index (Phi) is 5.90. The molecular formula is C30H38N2O5. The van der Waals surface area contributed by atoms with Gasteiger partial charge in [0.1, 0.15) is 0 Å². The maximum Gasteiger partial charge on any atom is 0.335 e. The predicted octanol–water partition coefficient (Wildman–Crippen LogP) is 4.43. The Morgan fingerprint density at radius 2 is 1.76 bits per heavy atom. The van der Waals surface area contributed by atoms with Gasteiger partial charge in [-0.2, -0.15) is 5.10 Å². The first kappa shape index (κ1) is 24.8. The van der Waals surface area contributed by atoms with E-state index in [2.05, 4.69) is 17.5 Å². The number of benzene rings is 1. The van der Waals surface area contributed by atoms with Crippen molar-refractivity contribution in [3.63, 3.8) is 0 Å². The van der Waals surface area contributed by atoms with Gasteiger partial charge in [-0.25, -0.2) is 4.79 Å². The van der Waals surface area contributed by atoms with Gasteiger partial charge in [-0.1, -0.05) is 25.1 Å². The number of hydrogen-bond donors (Lipinski definition) is 4. The number of nitrogens with zero attached hydrogens (tertiary/aromatic N) is 1. The third-order valence-corrected chi connectivity index (χ3v) is 10.9. The Morgan fingerprint density at radius 3 is 2.51 bits per heavy atom. The minimum absolute atomic E-state index is 0.0191. The van der Waals surface area contributed by atoms with Crippen LogP contribution in [0.15, 0.2) is 63.0 Å². The minimum Gasteiger partial charge on any atom is -0.431 e. The minimum atomic E-state index is -1.06. The van der Waals surface area contributed by atoms with Crippen molar-refractivity contribution >= 4 is 11.9 Å². The molecule has 1 aromatic carbocycles. The Hall–Kier alpha value is -2.48. The number of fused-ring (bicyclic) bond motifs is 5. The number of nitrogens with one attached hydrogen (secondary N) is 1. The number of aliphatic hydroxyl groups excluding tert-OH is 1. The summed E-state index contributed by atoms with van der Waals surface area (Å²) in [4.78, 5) is 11.6. The largest absolute Gasteiger partial charge is 0.431 e. The lowest BCUT2D eigenvalue weighted by Crippen LogP contribution is -2.68. The van der Waals surface area contributed by atoms with Gasteiger partial charge in [0, 0.05) is 29.5 Å². The number of anilines is 1. The zero-order chi connectivity index (χ0) is 25.9. The Morgan fingerprint density at radius 1 is 0.973 bits per heavy atom. The van der Waals surface area contributed by atoms with Crippen molar-refractivity contribution in [1.29, 1.82) is 0 Å². The van der Waals surface area contributed by atoms with E-state index >= 15 is 0 Å². The Bertz CT molecular complexity index is 1210. The number of hydrogen-bond acceptors (Lipinski definition) is 7. The second kappa shape index (κ2) is 8.79. The van der Waals surface area contributed by atoms with Gasteiger partial charge in [-0.15, -0.1) is 0 Å². The van der Waals surface area contributed by atoms with Crippen LogP contribution in [-0.2, 0) is 0 Å². The van der Waals surface area contributed by atoms with Gasteiger partial charge >= 0.3 is 5.63 Å². The van der Waals surface area contributed by atoms with Gasteiger partial charge in [0.25, 0.3) is 0 Å². The van der Waals surface area contributed by atoms with E-state index < -0.39 is 22.7 Å². The number of para-hydroxylation sites is 1. The standard InChI is InChI=1S/C30H38N2O5/c1-27-13-10-24-25(30(27,36)16-12-23(27)20-7-8-26(34)37-18-20)11-15-29(35)17-22(33)9-14-28(24,29)19-31-32-21-5-3-2-4-6-21/h2-8,18-19,22-25,32-33,35-36H,9-17H2,1H3/b31-19+/t22-,23+,24-,25+,27+,28-,29-,30-/m0/s1. The van der Waals surface area contributed by atoms with Crippen LogP contribution in [0, 0.1) is 22.7 Å². The van der Waals surface area contributed by atoms with E-state index in [-0.39, 0.29) is 28.8 Å². The van der Waals surface area contributed by atoms with Crippen LogP contribution in [0.1, 0.15) is 76.2 Å². The molecule has 7 nitrogen and oxygen atoms in total. The van der Waals surface area contributed by atoms with Crippen LogP contribution in [0.3, 0.4) is 0 Å². The van der Waals surface area contributed by atoms with Gasteiger partial charge in [0.05, 0.1) is 29.3 Å². The molecule has 4 fully saturated rings. The van der Waals surface area contributed by atoms with Crippen LogP contribution in [-0.4, -0.2) is 38.8 Å². The molecule has 198 valence electrons. The van der Waals surface area contributed by atoms with Crippen LogP contribution in [0.4, 0.5) is 5.69 Å². The van der Waals surface area contributed by atoms with Gasteiger partial charge in [0.2, 0.25) is 0 Å². The van der Waals surface area contributed by atoms with Crippen LogP contribution < -0.4 is 11.1 Å². The first-order valence-electron chi connectivity index (χ1n) is 13.8. The molecule has 1 heterocycles. The molecule has 2 aromatic rings. The second-order valence-corrected chi connectivity index (χ2v) is 12.3. The van der Waals surface area contributed by atoms with E-state index in [0.29, 0.717) is 32.1 Å². The van der Waals surface area contributed by atoms with E-state index in [1.807, 2.05) is 42.6 Å². The lowest BCUT2D eigenvalue weighted by atomic mass is 9.41. The van der Waals surface area contributed by atoms with E-state index in [1.54, 1.807) is 6.26 Å². The topological polar surface area (TPSA) is 115 Å². The summed E-state index contributed by atoms with van der Waals surface area (Å²) in [6.07, 6.45) is 9.03. The predicted molar refractivity (Wildman–Crippen MR) is 141 cm³/mol. The average Bonchev–Trinajstić information content (AvgIpc) is 3.16. The molecule has 6 rings (SSSR count). The summed E-state index contributed by atoms with van der Waals surface area (Å²) >= 11 is 0. The molecule has 0 unspecified atom stereocenters. The summed E-state index contributed by atoms with van der Waals surface area (Å²) in [5.74, 6) is 0.192. The molecule has 4 aliphatic rings. The lowest BCUT2D eigenvalue weighted by molar-refractivity contribution is -0.235. The van der Waals surface area contributed by atoms with Gasteiger partial charge < -0.3 is 19.7 Å². The zero-order valence-corrected chi connectivity index (χ0v) is 21.5. The molecule has 7 heteroatoms. The summed E-state index contributed by atoms with van der Waals surface area (Å²) in [6.45, 7) is 2.20. The molecule has 8 atom stereocenters. The van der Waals surface area contributed by atoms with E-state index in [9.17, 15) is 20.1 Å². The maximum atomic E-state index is 12.5. The fourth-order valence-electron chi connectivity index (χ4n) is 9.01. The molecule has 4 saturated carbocycles. The molecule has 0 bridgehead atoms.